The van der Waals surface area contributed by atoms with Crippen LogP contribution in [0.5, 0.6) is 0 Å². The smallest absolute Gasteiger partial charge is 0.335 e. The Kier molecular flexibility index (Phi) is 3.56. The summed E-state index contributed by atoms with van der Waals surface area (Å²) in [4.78, 5) is 18.4. The number of imidazole rings is 1. The average molecular weight is 312 g/mol. The molecule has 0 aliphatic carbocycles. The molecule has 0 bridgehead atoms. The number of amides is 1. The summed E-state index contributed by atoms with van der Waals surface area (Å²) >= 11 is 0. The van der Waals surface area contributed by atoms with Crippen LogP contribution < -0.4 is 5.32 Å². The Hall–Kier alpha value is -2.09. The van der Waals surface area contributed by atoms with Crippen LogP contribution in [0.25, 0.3) is 5.65 Å². The molecule has 22 heavy (non-hydrogen) atoms. The molecule has 1 aliphatic rings. The van der Waals surface area contributed by atoms with Crippen molar-refractivity contribution in [2.75, 3.05) is 26.2 Å². The number of rotatable bonds is 1. The van der Waals surface area contributed by atoms with Gasteiger partial charge in [0.15, 0.2) is 0 Å². The molecule has 1 aliphatic heterocycles. The van der Waals surface area contributed by atoms with Crippen LogP contribution >= 0.6 is 0 Å². The summed E-state index contributed by atoms with van der Waals surface area (Å²) in [6.07, 6.45) is -3.52. The number of piperazine rings is 1. The molecule has 0 saturated carbocycles. The first kappa shape index (κ1) is 14.8. The van der Waals surface area contributed by atoms with E-state index in [9.17, 15) is 18.0 Å². The van der Waals surface area contributed by atoms with E-state index >= 15 is 0 Å². The van der Waals surface area contributed by atoms with Crippen molar-refractivity contribution < 1.29 is 18.0 Å². The van der Waals surface area contributed by atoms with E-state index in [-0.39, 0.29) is 11.6 Å². The molecule has 2 aromatic heterocycles. The second-order valence-corrected chi connectivity index (χ2v) is 5.23. The molecule has 1 N–H and O–H groups in total. The standard InChI is InChI=1S/C14H15F3N4O/c1-9-12(13(22)20-6-4-18-5-7-20)21-8-10(14(15,16)17)2-3-11(21)19-9/h2-3,8,18H,4-7H2,1H3. The van der Waals surface area contributed by atoms with Crippen LogP contribution in [0.4, 0.5) is 13.2 Å². The number of carbonyl (C=O) groups is 1. The fourth-order valence-corrected chi connectivity index (χ4v) is 2.61. The quantitative estimate of drug-likeness (QED) is 0.872. The molecule has 0 atom stereocenters. The Bertz CT molecular complexity index is 717. The molecule has 3 heterocycles. The Morgan fingerprint density at radius 1 is 1.27 bits per heavy atom. The molecule has 5 nitrogen and oxygen atoms in total. The first-order chi connectivity index (χ1) is 10.4. The number of aromatic nitrogens is 2. The highest BCUT2D eigenvalue weighted by Gasteiger charge is 2.32. The zero-order valence-electron chi connectivity index (χ0n) is 11.9. The Morgan fingerprint density at radius 3 is 2.59 bits per heavy atom. The van der Waals surface area contributed by atoms with Crippen molar-refractivity contribution >= 4 is 11.6 Å². The number of fused-ring (bicyclic) bond motifs is 1. The summed E-state index contributed by atoms with van der Waals surface area (Å²) < 4.78 is 39.9. The van der Waals surface area contributed by atoms with Crippen LogP contribution in [-0.4, -0.2) is 46.4 Å². The largest absolute Gasteiger partial charge is 0.417 e. The molecule has 1 saturated heterocycles. The molecule has 3 rings (SSSR count). The van der Waals surface area contributed by atoms with Gasteiger partial charge in [0.1, 0.15) is 11.3 Å². The van der Waals surface area contributed by atoms with Gasteiger partial charge in [-0.25, -0.2) is 4.98 Å². The third-order valence-corrected chi connectivity index (χ3v) is 3.73. The lowest BCUT2D eigenvalue weighted by atomic mass is 10.2. The molecule has 118 valence electrons. The summed E-state index contributed by atoms with van der Waals surface area (Å²) in [5.41, 5.74) is 0.168. The average Bonchev–Trinajstić information content (AvgIpc) is 2.81. The van der Waals surface area contributed by atoms with Gasteiger partial charge in [0.2, 0.25) is 0 Å². The van der Waals surface area contributed by atoms with E-state index < -0.39 is 11.7 Å². The molecule has 0 radical (unpaired) electrons. The zero-order chi connectivity index (χ0) is 15.9. The second kappa shape index (κ2) is 5.28. The minimum absolute atomic E-state index is 0.197. The van der Waals surface area contributed by atoms with Crippen molar-refractivity contribution in [2.24, 2.45) is 0 Å². The fraction of sp³-hybridized carbons (Fsp3) is 0.429. The van der Waals surface area contributed by atoms with Crippen LogP contribution in [0, 0.1) is 6.92 Å². The van der Waals surface area contributed by atoms with Crippen molar-refractivity contribution in [1.82, 2.24) is 19.6 Å². The number of alkyl halides is 3. The van der Waals surface area contributed by atoms with Gasteiger partial charge in [0.25, 0.3) is 5.91 Å². The first-order valence-electron chi connectivity index (χ1n) is 6.94. The van der Waals surface area contributed by atoms with Crippen molar-refractivity contribution in [3.63, 3.8) is 0 Å². The molecule has 1 amide bonds. The van der Waals surface area contributed by atoms with Crippen LogP contribution in [0.1, 0.15) is 21.7 Å². The van der Waals surface area contributed by atoms with Gasteiger partial charge in [-0.05, 0) is 19.1 Å². The summed E-state index contributed by atoms with van der Waals surface area (Å²) in [6.45, 7) is 4.05. The third-order valence-electron chi connectivity index (χ3n) is 3.73. The zero-order valence-corrected chi connectivity index (χ0v) is 11.9. The van der Waals surface area contributed by atoms with Crippen LogP contribution in [0.15, 0.2) is 18.3 Å². The molecule has 2 aromatic rings. The lowest BCUT2D eigenvalue weighted by molar-refractivity contribution is -0.137. The third kappa shape index (κ3) is 2.54. The Morgan fingerprint density at radius 2 is 1.95 bits per heavy atom. The van der Waals surface area contributed by atoms with E-state index in [1.165, 1.54) is 10.5 Å². The van der Waals surface area contributed by atoms with Gasteiger partial charge in [-0.2, -0.15) is 13.2 Å². The lowest BCUT2D eigenvalue weighted by Crippen LogP contribution is -2.46. The molecule has 0 spiro atoms. The van der Waals surface area contributed by atoms with Crippen molar-refractivity contribution in [3.05, 3.63) is 35.3 Å². The second-order valence-electron chi connectivity index (χ2n) is 5.23. The predicted molar refractivity (Wildman–Crippen MR) is 73.7 cm³/mol. The van der Waals surface area contributed by atoms with Gasteiger partial charge in [-0.1, -0.05) is 0 Å². The fourth-order valence-electron chi connectivity index (χ4n) is 2.61. The number of carbonyl (C=O) groups excluding carboxylic acids is 1. The highest BCUT2D eigenvalue weighted by molar-refractivity contribution is 5.94. The van der Waals surface area contributed by atoms with Gasteiger partial charge < -0.3 is 10.2 Å². The number of hydrogen-bond donors (Lipinski definition) is 1. The van der Waals surface area contributed by atoms with Crippen LogP contribution in [-0.2, 0) is 6.18 Å². The number of hydrogen-bond acceptors (Lipinski definition) is 3. The van der Waals surface area contributed by atoms with Gasteiger partial charge in [0, 0.05) is 32.4 Å². The van der Waals surface area contributed by atoms with Crippen molar-refractivity contribution in [2.45, 2.75) is 13.1 Å². The van der Waals surface area contributed by atoms with Crippen molar-refractivity contribution in [1.29, 1.82) is 0 Å². The van der Waals surface area contributed by atoms with E-state index in [0.29, 0.717) is 37.5 Å². The monoisotopic (exact) mass is 312 g/mol. The normalized spacial score (nSPS) is 16.3. The van der Waals surface area contributed by atoms with Gasteiger partial charge in [-0.15, -0.1) is 0 Å². The number of nitrogens with one attached hydrogen (secondary N) is 1. The van der Waals surface area contributed by atoms with E-state index in [2.05, 4.69) is 10.3 Å². The Balaban J connectivity index is 2.07. The minimum Gasteiger partial charge on any atom is -0.335 e. The lowest BCUT2D eigenvalue weighted by Gasteiger charge is -2.27. The molecular formula is C14H15F3N4O. The predicted octanol–water partition coefficient (Wildman–Crippen LogP) is 1.71. The molecule has 8 heteroatoms. The topological polar surface area (TPSA) is 49.6 Å². The van der Waals surface area contributed by atoms with Gasteiger partial charge in [0.05, 0.1) is 11.3 Å². The maximum Gasteiger partial charge on any atom is 0.417 e. The number of halogens is 3. The van der Waals surface area contributed by atoms with E-state index in [1.807, 2.05) is 0 Å². The van der Waals surface area contributed by atoms with E-state index in [0.717, 1.165) is 12.3 Å². The summed E-state index contributed by atoms with van der Waals surface area (Å²) in [6, 6.07) is 2.26. The van der Waals surface area contributed by atoms with E-state index in [4.69, 9.17) is 0 Å². The molecule has 0 unspecified atom stereocenters. The van der Waals surface area contributed by atoms with E-state index in [1.54, 1.807) is 11.8 Å². The summed E-state index contributed by atoms with van der Waals surface area (Å²) in [5.74, 6) is -0.286. The SMILES string of the molecule is Cc1nc2ccc(C(F)(F)F)cn2c1C(=O)N1CCNCC1. The first-order valence-corrected chi connectivity index (χ1v) is 6.94. The minimum atomic E-state index is -4.46. The Labute approximate surface area is 124 Å². The summed E-state index contributed by atoms with van der Waals surface area (Å²) in [5, 5.41) is 3.13. The van der Waals surface area contributed by atoms with Gasteiger partial charge in [-0.3, -0.25) is 9.20 Å². The number of pyridine rings is 1. The molecule has 0 aromatic carbocycles. The summed E-state index contributed by atoms with van der Waals surface area (Å²) in [7, 11) is 0. The van der Waals surface area contributed by atoms with Crippen LogP contribution in [0.2, 0.25) is 0 Å². The number of nitrogens with zero attached hydrogens (tertiary/aromatic N) is 3. The molecular weight excluding hydrogens is 297 g/mol. The molecule has 1 fully saturated rings. The number of aryl methyl sites for hydroxylation is 1. The highest BCUT2D eigenvalue weighted by atomic mass is 19.4. The van der Waals surface area contributed by atoms with Crippen LogP contribution in [0.3, 0.4) is 0 Å². The van der Waals surface area contributed by atoms with Crippen molar-refractivity contribution in [3.8, 4) is 0 Å². The highest BCUT2D eigenvalue weighted by Crippen LogP contribution is 2.30. The van der Waals surface area contributed by atoms with Gasteiger partial charge >= 0.3 is 6.18 Å². The maximum absolute atomic E-state index is 12.9. The maximum atomic E-state index is 12.9.